The SMILES string of the molecule is CCCCCCCCCCCCCc1nccnc1Oc1ccccc1. The lowest BCUT2D eigenvalue weighted by Crippen LogP contribution is -1.98. The van der Waals surface area contributed by atoms with Crippen molar-refractivity contribution < 1.29 is 4.74 Å². The molecule has 0 saturated carbocycles. The summed E-state index contributed by atoms with van der Waals surface area (Å²) in [5.74, 6) is 1.46. The molecule has 1 heterocycles. The summed E-state index contributed by atoms with van der Waals surface area (Å²) in [6.07, 6.45) is 19.3. The van der Waals surface area contributed by atoms with E-state index in [4.69, 9.17) is 4.74 Å². The summed E-state index contributed by atoms with van der Waals surface area (Å²) in [4.78, 5) is 8.83. The molecule has 0 fully saturated rings. The molecule has 0 N–H and O–H groups in total. The van der Waals surface area contributed by atoms with Gasteiger partial charge in [0.25, 0.3) is 0 Å². The average Bonchev–Trinajstić information content (AvgIpc) is 2.68. The number of benzene rings is 1. The Labute approximate surface area is 159 Å². The quantitative estimate of drug-likeness (QED) is 0.339. The molecule has 0 unspecified atom stereocenters. The summed E-state index contributed by atoms with van der Waals surface area (Å²) in [7, 11) is 0. The Morgan fingerprint density at radius 1 is 0.692 bits per heavy atom. The van der Waals surface area contributed by atoms with Crippen LogP contribution in [0, 0.1) is 0 Å². The Bertz CT molecular complexity index is 586. The van der Waals surface area contributed by atoms with E-state index in [-0.39, 0.29) is 0 Å². The van der Waals surface area contributed by atoms with Crippen molar-refractivity contribution in [1.29, 1.82) is 0 Å². The fourth-order valence-corrected chi connectivity index (χ4v) is 3.17. The molecule has 0 aliphatic carbocycles. The van der Waals surface area contributed by atoms with Gasteiger partial charge in [0.05, 0.1) is 0 Å². The maximum absolute atomic E-state index is 5.89. The molecule has 0 aliphatic heterocycles. The number of hydrogen-bond acceptors (Lipinski definition) is 3. The first-order chi connectivity index (χ1) is 12.9. The van der Waals surface area contributed by atoms with Crippen LogP contribution in [0.25, 0.3) is 0 Å². The van der Waals surface area contributed by atoms with Gasteiger partial charge in [-0.2, -0.15) is 0 Å². The summed E-state index contributed by atoms with van der Waals surface area (Å²) in [6, 6.07) is 9.81. The van der Waals surface area contributed by atoms with E-state index in [0.29, 0.717) is 5.88 Å². The molecule has 3 nitrogen and oxygen atoms in total. The minimum atomic E-state index is 0.644. The first-order valence-electron chi connectivity index (χ1n) is 10.4. The molecule has 2 rings (SSSR count). The van der Waals surface area contributed by atoms with Crippen molar-refractivity contribution in [3.8, 4) is 11.6 Å². The lowest BCUT2D eigenvalue weighted by atomic mass is 10.0. The second-order valence-electron chi connectivity index (χ2n) is 7.01. The van der Waals surface area contributed by atoms with Crippen LogP contribution >= 0.6 is 0 Å². The van der Waals surface area contributed by atoms with Gasteiger partial charge in [0.15, 0.2) is 0 Å². The van der Waals surface area contributed by atoms with Gasteiger partial charge in [-0.3, -0.25) is 4.98 Å². The first kappa shape index (κ1) is 20.4. The third-order valence-electron chi connectivity index (χ3n) is 4.71. The van der Waals surface area contributed by atoms with Crippen LogP contribution in [-0.4, -0.2) is 9.97 Å². The molecule has 0 spiro atoms. The van der Waals surface area contributed by atoms with Gasteiger partial charge in [-0.25, -0.2) is 4.98 Å². The summed E-state index contributed by atoms with van der Waals surface area (Å²) in [6.45, 7) is 2.28. The predicted molar refractivity (Wildman–Crippen MR) is 109 cm³/mol. The first-order valence-corrected chi connectivity index (χ1v) is 10.4. The van der Waals surface area contributed by atoms with Crippen molar-refractivity contribution in [2.75, 3.05) is 0 Å². The van der Waals surface area contributed by atoms with Gasteiger partial charge in [-0.15, -0.1) is 0 Å². The zero-order valence-electron chi connectivity index (χ0n) is 16.3. The molecule has 142 valence electrons. The molecule has 1 aromatic heterocycles. The van der Waals surface area contributed by atoms with Gasteiger partial charge < -0.3 is 4.74 Å². The van der Waals surface area contributed by atoms with E-state index < -0.39 is 0 Å². The summed E-state index contributed by atoms with van der Waals surface area (Å²) >= 11 is 0. The maximum atomic E-state index is 5.89. The Hall–Kier alpha value is -1.90. The van der Waals surface area contributed by atoms with Gasteiger partial charge in [0.2, 0.25) is 5.88 Å². The minimum Gasteiger partial charge on any atom is -0.437 e. The highest BCUT2D eigenvalue weighted by Crippen LogP contribution is 2.22. The summed E-state index contributed by atoms with van der Waals surface area (Å²) in [5.41, 5.74) is 0.965. The molecule has 26 heavy (non-hydrogen) atoms. The second-order valence-corrected chi connectivity index (χ2v) is 7.01. The van der Waals surface area contributed by atoms with Crippen molar-refractivity contribution in [2.45, 2.75) is 84.0 Å². The van der Waals surface area contributed by atoms with Crippen LogP contribution in [0.2, 0.25) is 0 Å². The Kier molecular flexibility index (Phi) is 10.5. The highest BCUT2D eigenvalue weighted by Gasteiger charge is 2.07. The molecule has 0 radical (unpaired) electrons. The second kappa shape index (κ2) is 13.3. The predicted octanol–water partition coefficient (Wildman–Crippen LogP) is 7.12. The summed E-state index contributed by atoms with van der Waals surface area (Å²) < 4.78 is 5.89. The number of unbranched alkanes of at least 4 members (excludes halogenated alkanes) is 10. The lowest BCUT2D eigenvalue weighted by molar-refractivity contribution is 0.449. The topological polar surface area (TPSA) is 35.0 Å². The van der Waals surface area contributed by atoms with Gasteiger partial charge in [0, 0.05) is 12.4 Å². The number of aryl methyl sites for hydroxylation is 1. The smallest absolute Gasteiger partial charge is 0.241 e. The largest absolute Gasteiger partial charge is 0.437 e. The number of ether oxygens (including phenoxy) is 1. The van der Waals surface area contributed by atoms with Crippen molar-refractivity contribution in [3.05, 3.63) is 48.4 Å². The van der Waals surface area contributed by atoms with E-state index in [1.807, 2.05) is 30.3 Å². The van der Waals surface area contributed by atoms with Gasteiger partial charge in [-0.05, 0) is 25.0 Å². The molecular formula is C23H34N2O. The molecule has 3 heteroatoms. The van der Waals surface area contributed by atoms with Gasteiger partial charge in [-0.1, -0.05) is 89.3 Å². The van der Waals surface area contributed by atoms with Crippen LogP contribution in [0.5, 0.6) is 11.6 Å². The van der Waals surface area contributed by atoms with E-state index in [1.165, 1.54) is 64.2 Å². The molecular weight excluding hydrogens is 320 g/mol. The van der Waals surface area contributed by atoms with Crippen LogP contribution in [0.15, 0.2) is 42.7 Å². The van der Waals surface area contributed by atoms with Crippen molar-refractivity contribution in [1.82, 2.24) is 9.97 Å². The Balaban J connectivity index is 1.58. The van der Waals surface area contributed by atoms with Crippen molar-refractivity contribution in [3.63, 3.8) is 0 Å². The van der Waals surface area contributed by atoms with E-state index >= 15 is 0 Å². The van der Waals surface area contributed by atoms with E-state index in [9.17, 15) is 0 Å². The molecule has 1 aromatic carbocycles. The highest BCUT2D eigenvalue weighted by molar-refractivity contribution is 5.28. The fourth-order valence-electron chi connectivity index (χ4n) is 3.17. The number of para-hydroxylation sites is 1. The molecule has 0 amide bonds. The van der Waals surface area contributed by atoms with Gasteiger partial charge in [0.1, 0.15) is 11.4 Å². The number of rotatable bonds is 14. The van der Waals surface area contributed by atoms with Gasteiger partial charge >= 0.3 is 0 Å². The molecule has 0 atom stereocenters. The monoisotopic (exact) mass is 354 g/mol. The number of aromatic nitrogens is 2. The van der Waals surface area contributed by atoms with E-state index in [2.05, 4.69) is 16.9 Å². The number of hydrogen-bond donors (Lipinski definition) is 0. The van der Waals surface area contributed by atoms with Crippen LogP contribution in [0.1, 0.15) is 83.2 Å². The zero-order valence-corrected chi connectivity index (χ0v) is 16.3. The standard InChI is InChI=1S/C23H34N2O/c1-2-3-4-5-6-7-8-9-10-11-15-18-22-23(25-20-19-24-22)26-21-16-13-12-14-17-21/h12-14,16-17,19-20H,2-11,15,18H2,1H3. The maximum Gasteiger partial charge on any atom is 0.241 e. The third kappa shape index (κ3) is 8.46. The molecule has 0 aliphatic rings. The highest BCUT2D eigenvalue weighted by atomic mass is 16.5. The number of nitrogens with zero attached hydrogens (tertiary/aromatic N) is 2. The lowest BCUT2D eigenvalue weighted by Gasteiger charge is -2.08. The van der Waals surface area contributed by atoms with E-state index in [0.717, 1.165) is 24.3 Å². The molecule has 0 saturated heterocycles. The van der Waals surface area contributed by atoms with Crippen LogP contribution in [-0.2, 0) is 6.42 Å². The normalized spacial score (nSPS) is 10.8. The van der Waals surface area contributed by atoms with Crippen LogP contribution in [0.3, 0.4) is 0 Å². The zero-order chi connectivity index (χ0) is 18.3. The van der Waals surface area contributed by atoms with Crippen molar-refractivity contribution in [2.24, 2.45) is 0 Å². The average molecular weight is 355 g/mol. The molecule has 0 bridgehead atoms. The third-order valence-corrected chi connectivity index (χ3v) is 4.71. The Morgan fingerprint density at radius 3 is 1.92 bits per heavy atom. The Morgan fingerprint density at radius 2 is 1.27 bits per heavy atom. The fraction of sp³-hybridized carbons (Fsp3) is 0.565. The summed E-state index contributed by atoms with van der Waals surface area (Å²) in [5, 5.41) is 0. The van der Waals surface area contributed by atoms with Crippen molar-refractivity contribution >= 4 is 0 Å². The van der Waals surface area contributed by atoms with Crippen LogP contribution in [0.4, 0.5) is 0 Å². The van der Waals surface area contributed by atoms with E-state index in [1.54, 1.807) is 12.4 Å². The minimum absolute atomic E-state index is 0.644. The molecule has 2 aromatic rings. The van der Waals surface area contributed by atoms with Crippen LogP contribution < -0.4 is 4.74 Å².